The van der Waals surface area contributed by atoms with Crippen LogP contribution in [-0.4, -0.2) is 14.2 Å². The largest absolute Gasteiger partial charge is 0.338 e. The predicted molar refractivity (Wildman–Crippen MR) is 49.9 cm³/mol. The second kappa shape index (κ2) is 3.53. The first-order chi connectivity index (χ1) is 5.59. The minimum Gasteiger partial charge on any atom is -0.338 e. The predicted octanol–water partition coefficient (Wildman–Crippen LogP) is 1.27. The molecule has 12 heavy (non-hydrogen) atoms. The Morgan fingerprint density at radius 2 is 2.50 bits per heavy atom. The third-order valence-electron chi connectivity index (χ3n) is 1.22. The number of hydrogen-bond acceptors (Lipinski definition) is 3. The van der Waals surface area contributed by atoms with Gasteiger partial charge in [-0.3, -0.25) is 4.79 Å². The molecule has 0 fully saturated rings. The van der Waals surface area contributed by atoms with Crippen LogP contribution in [0.15, 0.2) is 24.8 Å². The Kier molecular flexibility index (Phi) is 2.65. The fourth-order valence-corrected chi connectivity index (χ4v) is 0.780. The van der Waals surface area contributed by atoms with Crippen LogP contribution in [0, 0.1) is 0 Å². The van der Waals surface area contributed by atoms with Gasteiger partial charge in [-0.05, 0) is 15.9 Å². The highest BCUT2D eigenvalue weighted by molar-refractivity contribution is 9.18. The maximum Gasteiger partial charge on any atom is 0.243 e. The van der Waals surface area contributed by atoms with Crippen LogP contribution < -0.4 is 5.32 Å². The van der Waals surface area contributed by atoms with E-state index in [0.717, 1.165) is 0 Å². The SMILES string of the molecule is C=C(Nc1cn(C)cn1)C(=O)Br. The number of nitrogens with zero attached hydrogens (tertiary/aromatic N) is 2. The van der Waals surface area contributed by atoms with Crippen molar-refractivity contribution in [2.75, 3.05) is 5.32 Å². The van der Waals surface area contributed by atoms with E-state index in [-0.39, 0.29) is 10.4 Å². The molecule has 1 heterocycles. The van der Waals surface area contributed by atoms with E-state index < -0.39 is 0 Å². The van der Waals surface area contributed by atoms with Gasteiger partial charge in [-0.1, -0.05) is 6.58 Å². The first-order valence-corrected chi connectivity index (χ1v) is 4.02. The third-order valence-corrected chi connectivity index (χ3v) is 1.70. The van der Waals surface area contributed by atoms with E-state index in [9.17, 15) is 4.79 Å². The summed E-state index contributed by atoms with van der Waals surface area (Å²) < 4.78 is 1.50. The van der Waals surface area contributed by atoms with Gasteiger partial charge in [-0.25, -0.2) is 4.98 Å². The van der Waals surface area contributed by atoms with Gasteiger partial charge < -0.3 is 9.88 Å². The molecule has 0 spiro atoms. The highest BCUT2D eigenvalue weighted by Gasteiger charge is 2.03. The van der Waals surface area contributed by atoms with Crippen molar-refractivity contribution < 1.29 is 4.79 Å². The minimum atomic E-state index is -0.270. The number of hydrogen-bond donors (Lipinski definition) is 1. The highest BCUT2D eigenvalue weighted by Crippen LogP contribution is 2.06. The van der Waals surface area contributed by atoms with E-state index in [1.54, 1.807) is 17.1 Å². The molecule has 0 aliphatic heterocycles. The lowest BCUT2D eigenvalue weighted by Crippen LogP contribution is -2.03. The summed E-state index contributed by atoms with van der Waals surface area (Å²) >= 11 is 2.77. The van der Waals surface area contributed by atoms with Crippen molar-refractivity contribution in [3.8, 4) is 0 Å². The molecule has 1 rings (SSSR count). The zero-order valence-electron chi connectivity index (χ0n) is 6.54. The van der Waals surface area contributed by atoms with Crippen molar-refractivity contribution in [1.82, 2.24) is 9.55 Å². The summed E-state index contributed by atoms with van der Waals surface area (Å²) in [6.07, 6.45) is 3.38. The van der Waals surface area contributed by atoms with E-state index in [2.05, 4.69) is 32.8 Å². The van der Waals surface area contributed by atoms with Gasteiger partial charge in [0.2, 0.25) is 4.69 Å². The van der Waals surface area contributed by atoms with Gasteiger partial charge in [0.25, 0.3) is 0 Å². The number of rotatable bonds is 3. The van der Waals surface area contributed by atoms with Crippen LogP contribution in [0.4, 0.5) is 5.82 Å². The number of aryl methyl sites for hydroxylation is 1. The van der Waals surface area contributed by atoms with Gasteiger partial charge in [0.05, 0.1) is 12.0 Å². The van der Waals surface area contributed by atoms with Gasteiger partial charge >= 0.3 is 0 Å². The van der Waals surface area contributed by atoms with Crippen molar-refractivity contribution in [3.63, 3.8) is 0 Å². The molecular formula is C7H8BrN3O. The zero-order chi connectivity index (χ0) is 9.14. The van der Waals surface area contributed by atoms with E-state index >= 15 is 0 Å². The van der Waals surface area contributed by atoms with Crippen molar-refractivity contribution in [2.45, 2.75) is 0 Å². The lowest BCUT2D eigenvalue weighted by molar-refractivity contribution is -0.107. The molecule has 0 aliphatic carbocycles. The second-order valence-corrected chi connectivity index (χ2v) is 3.02. The van der Waals surface area contributed by atoms with Crippen LogP contribution in [0.25, 0.3) is 0 Å². The summed E-state index contributed by atoms with van der Waals surface area (Å²) in [4.78, 5) is 14.6. The van der Waals surface area contributed by atoms with Crippen molar-refractivity contribution >= 4 is 26.4 Å². The second-order valence-electron chi connectivity index (χ2n) is 2.30. The smallest absolute Gasteiger partial charge is 0.243 e. The van der Waals surface area contributed by atoms with Gasteiger partial charge in [-0.2, -0.15) is 0 Å². The molecule has 0 radical (unpaired) electrons. The summed E-state index contributed by atoms with van der Waals surface area (Å²) in [5, 5.41) is 2.74. The van der Waals surface area contributed by atoms with Crippen LogP contribution in [0.3, 0.4) is 0 Å². The molecule has 0 unspecified atom stereocenters. The molecule has 0 bridgehead atoms. The molecular weight excluding hydrogens is 222 g/mol. The number of allylic oxidation sites excluding steroid dienone is 1. The Morgan fingerprint density at radius 1 is 1.83 bits per heavy atom. The molecule has 5 heteroatoms. The normalized spacial score (nSPS) is 9.50. The molecule has 1 aromatic rings. The summed E-state index contributed by atoms with van der Waals surface area (Å²) in [5.74, 6) is 0.607. The van der Waals surface area contributed by atoms with Gasteiger partial charge in [0.1, 0.15) is 5.82 Å². The number of aromatic nitrogens is 2. The van der Waals surface area contributed by atoms with Crippen LogP contribution in [-0.2, 0) is 11.8 Å². The molecule has 4 nitrogen and oxygen atoms in total. The molecule has 0 amide bonds. The maximum atomic E-state index is 10.7. The van der Waals surface area contributed by atoms with Crippen LogP contribution >= 0.6 is 15.9 Å². The van der Waals surface area contributed by atoms with Crippen LogP contribution in [0.1, 0.15) is 0 Å². The van der Waals surface area contributed by atoms with E-state index in [4.69, 9.17) is 0 Å². The Hall–Kier alpha value is -1.10. The fraction of sp³-hybridized carbons (Fsp3) is 0.143. The van der Waals surface area contributed by atoms with Gasteiger partial charge in [-0.15, -0.1) is 0 Å². The topological polar surface area (TPSA) is 46.9 Å². The first kappa shape index (κ1) is 8.99. The summed E-state index contributed by atoms with van der Waals surface area (Å²) in [7, 11) is 1.84. The molecule has 0 atom stereocenters. The first-order valence-electron chi connectivity index (χ1n) is 3.23. The number of halogens is 1. The standard InChI is InChI=1S/C7H8BrN3O/c1-5(7(8)12)10-6-3-11(2)4-9-6/h3-4,10H,1H2,2H3. The quantitative estimate of drug-likeness (QED) is 0.628. The average molecular weight is 230 g/mol. The maximum absolute atomic E-state index is 10.7. The summed E-state index contributed by atoms with van der Waals surface area (Å²) in [5.41, 5.74) is 0.272. The Bertz CT molecular complexity index is 318. The zero-order valence-corrected chi connectivity index (χ0v) is 8.13. The lowest BCUT2D eigenvalue weighted by atomic mass is 10.5. The number of imidazole rings is 1. The number of carbonyl (C=O) groups excluding carboxylic acids is 1. The van der Waals surface area contributed by atoms with Gasteiger partial charge in [0.15, 0.2) is 0 Å². The summed E-state index contributed by atoms with van der Waals surface area (Å²) in [6, 6.07) is 0. The number of anilines is 1. The van der Waals surface area contributed by atoms with E-state index in [1.165, 1.54) is 0 Å². The molecule has 64 valence electrons. The van der Waals surface area contributed by atoms with Crippen molar-refractivity contribution in [3.05, 3.63) is 24.8 Å². The average Bonchev–Trinajstić information content (AvgIpc) is 2.35. The van der Waals surface area contributed by atoms with Crippen LogP contribution in [0.5, 0.6) is 0 Å². The monoisotopic (exact) mass is 229 g/mol. The van der Waals surface area contributed by atoms with E-state index in [1.807, 2.05) is 7.05 Å². The molecule has 1 N–H and O–H groups in total. The fourth-order valence-electron chi connectivity index (χ4n) is 0.681. The molecule has 1 aromatic heterocycles. The summed E-state index contributed by atoms with van der Waals surface area (Å²) in [6.45, 7) is 3.50. The van der Waals surface area contributed by atoms with Gasteiger partial charge in [0, 0.05) is 13.2 Å². The van der Waals surface area contributed by atoms with E-state index in [0.29, 0.717) is 5.82 Å². The van der Waals surface area contributed by atoms with Crippen LogP contribution in [0.2, 0.25) is 0 Å². The lowest BCUT2D eigenvalue weighted by Gasteiger charge is -1.99. The minimum absolute atomic E-state index is 0.270. The molecule has 0 saturated carbocycles. The number of nitrogens with one attached hydrogen (secondary N) is 1. The Morgan fingerprint density at radius 3 is 2.92 bits per heavy atom. The number of carbonyl (C=O) groups is 1. The third kappa shape index (κ3) is 2.20. The Balaban J connectivity index is 2.64. The Labute approximate surface area is 78.4 Å². The van der Waals surface area contributed by atoms with Crippen molar-refractivity contribution in [1.29, 1.82) is 0 Å². The molecule has 0 saturated heterocycles. The highest BCUT2D eigenvalue weighted by atomic mass is 79.9. The molecule has 0 aliphatic rings. The van der Waals surface area contributed by atoms with Crippen molar-refractivity contribution in [2.24, 2.45) is 7.05 Å². The molecule has 0 aromatic carbocycles.